The quantitative estimate of drug-likeness (QED) is 0.724. The molecule has 0 radical (unpaired) electrons. The Kier molecular flexibility index (Phi) is 6.15. The summed E-state index contributed by atoms with van der Waals surface area (Å²) in [5, 5.41) is 17.3. The summed E-state index contributed by atoms with van der Waals surface area (Å²) in [6.07, 6.45) is 3.19. The lowest BCUT2D eigenvalue weighted by Crippen LogP contribution is -2.39. The van der Waals surface area contributed by atoms with Gasteiger partial charge in [0.15, 0.2) is 0 Å². The fourth-order valence-corrected chi connectivity index (χ4v) is 4.61. The van der Waals surface area contributed by atoms with Crippen molar-refractivity contribution in [3.63, 3.8) is 0 Å². The highest BCUT2D eigenvalue weighted by Gasteiger charge is 2.37. The van der Waals surface area contributed by atoms with Crippen LogP contribution in [0.4, 0.5) is 0 Å². The molecule has 1 amide bonds. The largest absolute Gasteiger partial charge is 0.347 e. The third-order valence-electron chi connectivity index (χ3n) is 6.16. The Morgan fingerprint density at radius 1 is 1.19 bits per heavy atom. The van der Waals surface area contributed by atoms with Gasteiger partial charge in [-0.25, -0.2) is 0 Å². The van der Waals surface area contributed by atoms with Crippen LogP contribution in [0.15, 0.2) is 24.3 Å². The van der Waals surface area contributed by atoms with E-state index in [1.54, 1.807) is 0 Å². The first kappa shape index (κ1) is 21.6. The van der Waals surface area contributed by atoms with Gasteiger partial charge < -0.3 is 10.2 Å². The molecule has 1 aliphatic heterocycles. The molecule has 6 nitrogen and oxygen atoms in total. The number of nitrogens with one attached hydrogen (secondary N) is 1. The number of carbonyl (C=O) groups excluding carboxylic acids is 1. The summed E-state index contributed by atoms with van der Waals surface area (Å²) in [6, 6.07) is 9.98. The average molecular weight is 420 g/mol. The lowest BCUT2D eigenvalue weighted by atomic mass is 10.0. The van der Waals surface area contributed by atoms with Crippen LogP contribution < -0.4 is 5.32 Å². The maximum Gasteiger partial charge on any atom is 0.270 e. The summed E-state index contributed by atoms with van der Waals surface area (Å²) in [6.45, 7) is 11.7. The number of hydrogen-bond acceptors (Lipinski definition) is 4. The van der Waals surface area contributed by atoms with Gasteiger partial charge in [-0.15, -0.1) is 0 Å². The molecule has 1 aliphatic carbocycles. The van der Waals surface area contributed by atoms with Gasteiger partial charge in [-0.2, -0.15) is 10.4 Å². The summed E-state index contributed by atoms with van der Waals surface area (Å²) in [5.74, 6) is 1.02. The van der Waals surface area contributed by atoms with Gasteiger partial charge in [0, 0.05) is 42.8 Å². The Morgan fingerprint density at radius 3 is 2.48 bits per heavy atom. The number of likely N-dealkylation sites (tertiary alicyclic amines) is 1. The fourth-order valence-electron chi connectivity index (χ4n) is 4.61. The van der Waals surface area contributed by atoms with Gasteiger partial charge >= 0.3 is 0 Å². The Hall–Kier alpha value is -2.65. The maximum absolute atomic E-state index is 13.5. The van der Waals surface area contributed by atoms with Crippen LogP contribution in [-0.2, 0) is 0 Å². The molecular weight excluding hydrogens is 386 g/mol. The Morgan fingerprint density at radius 2 is 1.90 bits per heavy atom. The van der Waals surface area contributed by atoms with E-state index in [2.05, 4.69) is 44.0 Å². The number of amides is 1. The fraction of sp³-hybridized carbons (Fsp3) is 0.560. The number of nitriles is 1. The first-order valence-corrected chi connectivity index (χ1v) is 11.5. The lowest BCUT2D eigenvalue weighted by Gasteiger charge is -2.19. The molecule has 1 atom stereocenters. The van der Waals surface area contributed by atoms with E-state index in [0.717, 1.165) is 61.4 Å². The van der Waals surface area contributed by atoms with Crippen molar-refractivity contribution in [1.82, 2.24) is 20.0 Å². The molecule has 2 fully saturated rings. The molecule has 164 valence electrons. The molecule has 1 aromatic carbocycles. The molecule has 31 heavy (non-hydrogen) atoms. The molecule has 0 bridgehead atoms. The van der Waals surface area contributed by atoms with E-state index in [-0.39, 0.29) is 18.0 Å². The molecule has 2 aromatic rings. The van der Waals surface area contributed by atoms with Gasteiger partial charge in [0.05, 0.1) is 17.3 Å². The van der Waals surface area contributed by atoms with Crippen LogP contribution in [0, 0.1) is 17.2 Å². The minimum atomic E-state index is -0.000563. The minimum absolute atomic E-state index is 0.000563. The highest BCUT2D eigenvalue weighted by Crippen LogP contribution is 2.46. The van der Waals surface area contributed by atoms with Crippen LogP contribution in [0.25, 0.3) is 11.3 Å². The van der Waals surface area contributed by atoms with E-state index in [9.17, 15) is 4.79 Å². The zero-order valence-electron chi connectivity index (χ0n) is 19.1. The van der Waals surface area contributed by atoms with Crippen molar-refractivity contribution in [3.05, 3.63) is 41.1 Å². The van der Waals surface area contributed by atoms with Gasteiger partial charge in [0.1, 0.15) is 5.69 Å². The van der Waals surface area contributed by atoms with Gasteiger partial charge in [0.25, 0.3) is 5.91 Å². The predicted molar refractivity (Wildman–Crippen MR) is 122 cm³/mol. The molecule has 2 aliphatic rings. The van der Waals surface area contributed by atoms with Crippen molar-refractivity contribution in [3.8, 4) is 17.3 Å². The van der Waals surface area contributed by atoms with E-state index in [4.69, 9.17) is 10.4 Å². The first-order valence-electron chi connectivity index (χ1n) is 11.5. The summed E-state index contributed by atoms with van der Waals surface area (Å²) >= 11 is 0. The van der Waals surface area contributed by atoms with E-state index >= 15 is 0 Å². The van der Waals surface area contributed by atoms with Gasteiger partial charge in [-0.3, -0.25) is 9.48 Å². The normalized spacial score (nSPS) is 19.2. The minimum Gasteiger partial charge on any atom is -0.347 e. The number of benzene rings is 1. The summed E-state index contributed by atoms with van der Waals surface area (Å²) in [4.78, 5) is 16.0. The van der Waals surface area contributed by atoms with Crippen molar-refractivity contribution in [2.75, 3.05) is 19.6 Å². The molecule has 2 heterocycles. The third-order valence-corrected chi connectivity index (χ3v) is 6.16. The second kappa shape index (κ2) is 8.84. The van der Waals surface area contributed by atoms with Crippen molar-refractivity contribution in [2.45, 2.75) is 65.0 Å². The number of rotatable bonds is 7. The molecular formula is C25H33N5O. The monoisotopic (exact) mass is 419 g/mol. The van der Waals surface area contributed by atoms with E-state index in [1.807, 2.05) is 28.9 Å². The molecule has 0 spiro atoms. The average Bonchev–Trinajstić information content (AvgIpc) is 3.35. The summed E-state index contributed by atoms with van der Waals surface area (Å²) < 4.78 is 1.90. The topological polar surface area (TPSA) is 74.0 Å². The zero-order chi connectivity index (χ0) is 22.1. The number of aromatic nitrogens is 2. The Bertz CT molecular complexity index is 979. The molecule has 1 saturated carbocycles. The van der Waals surface area contributed by atoms with Gasteiger partial charge in [-0.1, -0.05) is 26.0 Å². The second-order valence-electron chi connectivity index (χ2n) is 9.73. The predicted octanol–water partition coefficient (Wildman–Crippen LogP) is 4.34. The Balaban J connectivity index is 1.64. The van der Waals surface area contributed by atoms with Crippen LogP contribution in [0.2, 0.25) is 0 Å². The van der Waals surface area contributed by atoms with Crippen LogP contribution >= 0.6 is 0 Å². The number of nitrogens with zero attached hydrogens (tertiary/aromatic N) is 4. The maximum atomic E-state index is 13.5. The molecule has 1 saturated heterocycles. The highest BCUT2D eigenvalue weighted by molar-refractivity contribution is 5.96. The zero-order valence-corrected chi connectivity index (χ0v) is 19.1. The van der Waals surface area contributed by atoms with E-state index < -0.39 is 0 Å². The molecule has 4 rings (SSSR count). The molecule has 1 N–H and O–H groups in total. The molecule has 6 heteroatoms. The third kappa shape index (κ3) is 4.67. The van der Waals surface area contributed by atoms with Gasteiger partial charge in [0.2, 0.25) is 0 Å². The highest BCUT2D eigenvalue weighted by atomic mass is 16.2. The molecule has 1 aromatic heterocycles. The van der Waals surface area contributed by atoms with Crippen molar-refractivity contribution in [2.24, 2.45) is 5.92 Å². The van der Waals surface area contributed by atoms with E-state index in [0.29, 0.717) is 17.4 Å². The van der Waals surface area contributed by atoms with Crippen molar-refractivity contribution in [1.29, 1.82) is 5.26 Å². The summed E-state index contributed by atoms with van der Waals surface area (Å²) in [5.41, 5.74) is 4.29. The van der Waals surface area contributed by atoms with Crippen LogP contribution in [0.5, 0.6) is 0 Å². The Labute approximate surface area is 185 Å². The smallest absolute Gasteiger partial charge is 0.270 e. The van der Waals surface area contributed by atoms with Crippen molar-refractivity contribution < 1.29 is 4.79 Å². The number of carbonyl (C=O) groups is 1. The summed E-state index contributed by atoms with van der Waals surface area (Å²) in [7, 11) is 0. The SMILES string of the molecule is CC(C)CN1CC[C@H](NC(=O)c2c(C3CC3)c(-c3ccc(C#N)cc3)nn2C(C)C)C1. The van der Waals surface area contributed by atoms with Crippen LogP contribution in [0.3, 0.4) is 0 Å². The van der Waals surface area contributed by atoms with Crippen LogP contribution in [0.1, 0.15) is 80.5 Å². The van der Waals surface area contributed by atoms with E-state index in [1.165, 1.54) is 0 Å². The molecule has 0 unspecified atom stereocenters. The lowest BCUT2D eigenvalue weighted by molar-refractivity contribution is 0.0923. The van der Waals surface area contributed by atoms with Gasteiger partial charge in [-0.05, 0) is 57.1 Å². The van der Waals surface area contributed by atoms with Crippen molar-refractivity contribution >= 4 is 5.91 Å². The standard InChI is InChI=1S/C25H33N5O/c1-16(2)14-29-12-11-21(15-29)27-25(31)24-22(19-9-10-19)23(28-30(24)17(3)4)20-7-5-18(13-26)6-8-20/h5-8,16-17,19,21H,9-12,14-15H2,1-4H3,(H,27,31)/t21-/m0/s1. The first-order chi connectivity index (χ1) is 14.9. The second-order valence-corrected chi connectivity index (χ2v) is 9.73. The van der Waals surface area contributed by atoms with Crippen LogP contribution in [-0.4, -0.2) is 46.3 Å². The number of hydrogen-bond donors (Lipinski definition) is 1.